The first-order valence-electron chi connectivity index (χ1n) is 8.41. The average molecular weight is 341 g/mol. The van der Waals surface area contributed by atoms with Crippen molar-refractivity contribution < 1.29 is 9.53 Å². The van der Waals surface area contributed by atoms with Crippen LogP contribution in [0, 0.1) is 6.92 Å². The van der Waals surface area contributed by atoms with Crippen LogP contribution in [0.5, 0.6) is 5.75 Å². The molecule has 132 valence electrons. The number of hydrogen-bond donors (Lipinski definition) is 1. The van der Waals surface area contributed by atoms with Crippen LogP contribution < -0.4 is 10.1 Å². The molecule has 0 aliphatic heterocycles. The number of hydrogen-bond acceptors (Lipinski definition) is 4. The van der Waals surface area contributed by atoms with Crippen molar-refractivity contribution in [3.8, 4) is 5.75 Å². The van der Waals surface area contributed by atoms with Crippen molar-refractivity contribution in [2.75, 3.05) is 7.11 Å². The van der Waals surface area contributed by atoms with Crippen molar-refractivity contribution in [2.45, 2.75) is 39.9 Å². The first-order valence-corrected chi connectivity index (χ1v) is 8.41. The molecule has 3 aromatic rings. The van der Waals surface area contributed by atoms with E-state index in [0.717, 1.165) is 34.6 Å². The molecule has 0 aliphatic carbocycles. The van der Waals surface area contributed by atoms with Crippen molar-refractivity contribution in [3.63, 3.8) is 0 Å². The third kappa shape index (κ3) is 3.50. The Labute approximate surface area is 146 Å². The molecule has 7 heteroatoms. The van der Waals surface area contributed by atoms with E-state index in [9.17, 15) is 4.79 Å². The lowest BCUT2D eigenvalue weighted by Gasteiger charge is -2.09. The second kappa shape index (κ2) is 7.38. The predicted octanol–water partition coefficient (Wildman–Crippen LogP) is 2.28. The Morgan fingerprint density at radius 1 is 1.28 bits per heavy atom. The fraction of sp³-hybridized carbons (Fsp3) is 0.389. The molecule has 0 aliphatic rings. The summed E-state index contributed by atoms with van der Waals surface area (Å²) < 4.78 is 9.08. The van der Waals surface area contributed by atoms with E-state index in [1.165, 1.54) is 0 Å². The molecule has 0 spiro atoms. The summed E-state index contributed by atoms with van der Waals surface area (Å²) in [7, 11) is 1.63. The van der Waals surface area contributed by atoms with Crippen molar-refractivity contribution >= 4 is 16.9 Å². The molecule has 0 bridgehead atoms. The van der Waals surface area contributed by atoms with Gasteiger partial charge in [-0.05, 0) is 19.9 Å². The number of carbonyl (C=O) groups excluding carboxylic acids is 1. The molecule has 0 radical (unpaired) electrons. The molecule has 0 atom stereocenters. The predicted molar refractivity (Wildman–Crippen MR) is 95.4 cm³/mol. The van der Waals surface area contributed by atoms with Gasteiger partial charge in [-0.2, -0.15) is 10.2 Å². The minimum atomic E-state index is -0.0184. The van der Waals surface area contributed by atoms with Crippen LogP contribution in [-0.2, 0) is 24.4 Å². The van der Waals surface area contributed by atoms with E-state index in [4.69, 9.17) is 4.74 Å². The van der Waals surface area contributed by atoms with Crippen molar-refractivity contribution in [2.24, 2.45) is 0 Å². The van der Waals surface area contributed by atoms with Crippen molar-refractivity contribution in [3.05, 3.63) is 41.7 Å². The van der Waals surface area contributed by atoms with Gasteiger partial charge in [-0.1, -0.05) is 18.2 Å². The highest BCUT2D eigenvalue weighted by Crippen LogP contribution is 2.18. The van der Waals surface area contributed by atoms with Crippen molar-refractivity contribution in [1.82, 2.24) is 24.9 Å². The van der Waals surface area contributed by atoms with Crippen LogP contribution in [0.25, 0.3) is 11.0 Å². The van der Waals surface area contributed by atoms with E-state index in [-0.39, 0.29) is 5.91 Å². The van der Waals surface area contributed by atoms with Gasteiger partial charge in [0.25, 0.3) is 0 Å². The molecule has 0 saturated carbocycles. The smallest absolute Gasteiger partial charge is 0.222 e. The van der Waals surface area contributed by atoms with Crippen LogP contribution >= 0.6 is 0 Å². The van der Waals surface area contributed by atoms with Gasteiger partial charge in [0.2, 0.25) is 5.91 Å². The molecule has 7 nitrogen and oxygen atoms in total. The van der Waals surface area contributed by atoms with Gasteiger partial charge in [0, 0.05) is 25.1 Å². The van der Waals surface area contributed by atoms with Gasteiger partial charge < -0.3 is 10.1 Å². The highest BCUT2D eigenvalue weighted by Gasteiger charge is 2.13. The molecule has 0 unspecified atom stereocenters. The van der Waals surface area contributed by atoms with E-state index in [0.29, 0.717) is 19.5 Å². The monoisotopic (exact) mass is 341 g/mol. The maximum atomic E-state index is 12.2. The molecule has 2 heterocycles. The number of para-hydroxylation sites is 1. The minimum Gasteiger partial charge on any atom is -0.496 e. The Balaban J connectivity index is 1.60. The average Bonchev–Trinajstić information content (AvgIpc) is 3.19. The first-order chi connectivity index (χ1) is 12.1. The summed E-state index contributed by atoms with van der Waals surface area (Å²) in [5, 5.41) is 11.8. The number of nitrogens with one attached hydrogen (secondary N) is 1. The maximum Gasteiger partial charge on any atom is 0.222 e. The third-order valence-corrected chi connectivity index (χ3v) is 4.23. The van der Waals surface area contributed by atoms with Crippen LogP contribution in [-0.4, -0.2) is 32.6 Å². The molecule has 25 heavy (non-hydrogen) atoms. The van der Waals surface area contributed by atoms with Gasteiger partial charge in [-0.25, -0.2) is 0 Å². The Morgan fingerprint density at radius 2 is 2.08 bits per heavy atom. The number of aromatic nitrogens is 4. The van der Waals surface area contributed by atoms with Crippen molar-refractivity contribution in [1.29, 1.82) is 0 Å². The van der Waals surface area contributed by atoms with Gasteiger partial charge in [0.1, 0.15) is 16.8 Å². The topological polar surface area (TPSA) is 74.0 Å². The number of ether oxygens (including phenoxy) is 1. The molecule has 3 rings (SSSR count). The van der Waals surface area contributed by atoms with Crippen LogP contribution in [0.2, 0.25) is 0 Å². The molecule has 1 aromatic carbocycles. The van der Waals surface area contributed by atoms with Crippen LogP contribution in [0.1, 0.15) is 24.6 Å². The summed E-state index contributed by atoms with van der Waals surface area (Å²) >= 11 is 0. The van der Waals surface area contributed by atoms with Crippen LogP contribution in [0.3, 0.4) is 0 Å². The largest absolute Gasteiger partial charge is 0.496 e. The fourth-order valence-corrected chi connectivity index (χ4v) is 2.97. The number of aryl methyl sites for hydroxylation is 3. The van der Waals surface area contributed by atoms with Gasteiger partial charge in [0.15, 0.2) is 0 Å². The minimum absolute atomic E-state index is 0.0184. The SMILES string of the molecule is CCn1nc(C)c2c1cnn2CCC(=O)NCc1ccccc1OC. The lowest BCUT2D eigenvalue weighted by molar-refractivity contribution is -0.121. The summed E-state index contributed by atoms with van der Waals surface area (Å²) in [5.74, 6) is 0.759. The van der Waals surface area contributed by atoms with E-state index in [1.807, 2.05) is 46.7 Å². The summed E-state index contributed by atoms with van der Waals surface area (Å²) in [6, 6.07) is 7.67. The second-order valence-corrected chi connectivity index (χ2v) is 5.84. The zero-order chi connectivity index (χ0) is 17.8. The number of fused-ring (bicyclic) bond motifs is 1. The van der Waals surface area contributed by atoms with E-state index in [2.05, 4.69) is 22.4 Å². The summed E-state index contributed by atoms with van der Waals surface area (Å²) in [4.78, 5) is 12.2. The van der Waals surface area contributed by atoms with E-state index < -0.39 is 0 Å². The third-order valence-electron chi connectivity index (χ3n) is 4.23. The Bertz CT molecular complexity index is 881. The van der Waals surface area contributed by atoms with Gasteiger partial charge in [-0.3, -0.25) is 14.2 Å². The maximum absolute atomic E-state index is 12.2. The molecular weight excluding hydrogens is 318 g/mol. The lowest BCUT2D eigenvalue weighted by Crippen LogP contribution is -2.24. The van der Waals surface area contributed by atoms with Gasteiger partial charge in [-0.15, -0.1) is 0 Å². The number of rotatable bonds is 7. The standard InChI is InChI=1S/C18H23N5O2/c1-4-22-15-12-20-23(18(15)13(2)21-22)10-9-17(24)19-11-14-7-5-6-8-16(14)25-3/h5-8,12H,4,9-11H2,1-3H3,(H,19,24). The normalized spacial score (nSPS) is 11.0. The summed E-state index contributed by atoms with van der Waals surface area (Å²) in [5.41, 5.74) is 3.90. The van der Waals surface area contributed by atoms with E-state index >= 15 is 0 Å². The Morgan fingerprint density at radius 3 is 2.84 bits per heavy atom. The number of methoxy groups -OCH3 is 1. The van der Waals surface area contributed by atoms with Crippen LogP contribution in [0.4, 0.5) is 0 Å². The highest BCUT2D eigenvalue weighted by molar-refractivity contribution is 5.78. The number of benzene rings is 1. The molecule has 1 N–H and O–H groups in total. The first kappa shape index (κ1) is 17.0. The molecule has 2 aromatic heterocycles. The van der Waals surface area contributed by atoms with Gasteiger partial charge >= 0.3 is 0 Å². The molecule has 0 fully saturated rings. The Hall–Kier alpha value is -2.83. The van der Waals surface area contributed by atoms with Gasteiger partial charge in [0.05, 0.1) is 25.5 Å². The number of carbonyl (C=O) groups is 1. The number of amides is 1. The summed E-state index contributed by atoms with van der Waals surface area (Å²) in [6.07, 6.45) is 2.17. The van der Waals surface area contributed by atoms with E-state index in [1.54, 1.807) is 7.11 Å². The second-order valence-electron chi connectivity index (χ2n) is 5.84. The van der Waals surface area contributed by atoms with Crippen LogP contribution in [0.15, 0.2) is 30.5 Å². The zero-order valence-electron chi connectivity index (χ0n) is 14.8. The molecular formula is C18H23N5O2. The molecule has 0 saturated heterocycles. The zero-order valence-corrected chi connectivity index (χ0v) is 14.8. The lowest BCUT2D eigenvalue weighted by atomic mass is 10.2. The Kier molecular flexibility index (Phi) is 5.02. The number of nitrogens with zero attached hydrogens (tertiary/aromatic N) is 4. The highest BCUT2D eigenvalue weighted by atomic mass is 16.5. The fourth-order valence-electron chi connectivity index (χ4n) is 2.97. The molecule has 1 amide bonds. The summed E-state index contributed by atoms with van der Waals surface area (Å²) in [6.45, 7) is 5.79. The quantitative estimate of drug-likeness (QED) is 0.715.